The standard InChI is InChI=1S/C16H28N2O6Si/c1-15(2,3)24-14(20)17-11-16(13(19)21-4,18-12-23-22-5)9-10-25(6,7)8/h12H,11H2,1-8H3,(H,17,20). The fraction of sp³-hybridized carbons (Fsp3) is 0.688. The number of esters is 1. The molecule has 0 aromatic carbocycles. The predicted molar refractivity (Wildman–Crippen MR) is 96.7 cm³/mol. The summed E-state index contributed by atoms with van der Waals surface area (Å²) in [5, 5.41) is 2.50. The third kappa shape index (κ3) is 9.74. The van der Waals surface area contributed by atoms with Gasteiger partial charge in [0.1, 0.15) is 13.7 Å². The second kappa shape index (κ2) is 9.44. The number of carbonyl (C=O) groups is 2. The van der Waals surface area contributed by atoms with Gasteiger partial charge < -0.3 is 19.7 Å². The molecule has 0 saturated carbocycles. The van der Waals surface area contributed by atoms with Crippen molar-refractivity contribution in [1.82, 2.24) is 5.32 Å². The monoisotopic (exact) mass is 372 g/mol. The maximum absolute atomic E-state index is 12.3. The number of hydrogen-bond acceptors (Lipinski definition) is 7. The van der Waals surface area contributed by atoms with Crippen molar-refractivity contribution in [3.63, 3.8) is 0 Å². The van der Waals surface area contributed by atoms with Gasteiger partial charge in [0.25, 0.3) is 0 Å². The van der Waals surface area contributed by atoms with Crippen molar-refractivity contribution in [2.45, 2.75) is 51.6 Å². The van der Waals surface area contributed by atoms with E-state index in [1.165, 1.54) is 14.2 Å². The lowest BCUT2D eigenvalue weighted by Gasteiger charge is -2.24. The Kier molecular flexibility index (Phi) is 8.66. The van der Waals surface area contributed by atoms with Gasteiger partial charge in [0.2, 0.25) is 11.9 Å². The Balaban J connectivity index is 5.62. The van der Waals surface area contributed by atoms with E-state index in [1.807, 2.05) is 19.6 Å². The number of alkyl carbamates (subject to hydrolysis) is 1. The van der Waals surface area contributed by atoms with Crippen LogP contribution in [0.5, 0.6) is 0 Å². The van der Waals surface area contributed by atoms with E-state index in [2.05, 4.69) is 31.5 Å². The first kappa shape index (κ1) is 22.9. The van der Waals surface area contributed by atoms with Crippen LogP contribution in [0.1, 0.15) is 20.8 Å². The third-order valence-corrected chi connectivity index (χ3v) is 3.34. The lowest BCUT2D eigenvalue weighted by molar-refractivity contribution is -0.188. The molecule has 0 heterocycles. The van der Waals surface area contributed by atoms with E-state index in [1.54, 1.807) is 20.8 Å². The summed E-state index contributed by atoms with van der Waals surface area (Å²) in [6, 6.07) is 0. The molecule has 0 spiro atoms. The number of rotatable bonds is 6. The number of ether oxygens (including phenoxy) is 2. The minimum atomic E-state index is -1.83. The minimum absolute atomic E-state index is 0.240. The van der Waals surface area contributed by atoms with Crippen molar-refractivity contribution in [2.24, 2.45) is 4.99 Å². The second-order valence-corrected chi connectivity index (χ2v) is 12.0. The molecule has 0 aromatic rings. The SMILES string of the molecule is COOC=NC(C#C[Si](C)(C)C)(CNC(=O)OC(C)(C)C)C(=O)OC. The Hall–Kier alpha value is -2.05. The van der Waals surface area contributed by atoms with E-state index in [0.717, 1.165) is 6.40 Å². The average molecular weight is 372 g/mol. The van der Waals surface area contributed by atoms with Crippen molar-refractivity contribution < 1.29 is 28.8 Å². The summed E-state index contributed by atoms with van der Waals surface area (Å²) < 4.78 is 9.98. The molecule has 0 aliphatic rings. The Morgan fingerprint density at radius 2 is 1.80 bits per heavy atom. The largest absolute Gasteiger partial charge is 0.466 e. The van der Waals surface area contributed by atoms with Crippen molar-refractivity contribution in [3.8, 4) is 11.5 Å². The number of amides is 1. The molecule has 1 amide bonds. The molecule has 1 atom stereocenters. The quantitative estimate of drug-likeness (QED) is 0.146. The van der Waals surface area contributed by atoms with Crippen LogP contribution < -0.4 is 5.32 Å². The molecule has 0 aliphatic carbocycles. The highest BCUT2D eigenvalue weighted by molar-refractivity contribution is 6.83. The van der Waals surface area contributed by atoms with Gasteiger partial charge in [0, 0.05) is 0 Å². The fourth-order valence-corrected chi connectivity index (χ4v) is 2.01. The summed E-state index contributed by atoms with van der Waals surface area (Å²) in [5.41, 5.74) is 0.724. The van der Waals surface area contributed by atoms with Crippen LogP contribution >= 0.6 is 0 Å². The maximum atomic E-state index is 12.3. The zero-order valence-corrected chi connectivity index (χ0v) is 17.2. The van der Waals surface area contributed by atoms with Crippen LogP contribution in [0.4, 0.5) is 4.79 Å². The van der Waals surface area contributed by atoms with Gasteiger partial charge in [-0.3, -0.25) is 0 Å². The number of carbonyl (C=O) groups excluding carboxylic acids is 2. The molecule has 25 heavy (non-hydrogen) atoms. The van der Waals surface area contributed by atoms with Gasteiger partial charge >= 0.3 is 12.1 Å². The highest BCUT2D eigenvalue weighted by Gasteiger charge is 2.39. The summed E-state index contributed by atoms with van der Waals surface area (Å²) in [5.74, 6) is 2.10. The fourth-order valence-electron chi connectivity index (χ4n) is 1.43. The van der Waals surface area contributed by atoms with Gasteiger partial charge in [-0.05, 0) is 20.8 Å². The Bertz CT molecular complexity index is 554. The molecule has 142 valence electrons. The van der Waals surface area contributed by atoms with Gasteiger partial charge in [0.15, 0.2) is 0 Å². The molecule has 0 aromatic heterocycles. The van der Waals surface area contributed by atoms with Gasteiger partial charge in [-0.1, -0.05) is 25.6 Å². The van der Waals surface area contributed by atoms with E-state index in [4.69, 9.17) is 9.47 Å². The number of nitrogens with zero attached hydrogens (tertiary/aromatic N) is 1. The molecule has 1 N–H and O–H groups in total. The van der Waals surface area contributed by atoms with E-state index in [0.29, 0.717) is 0 Å². The van der Waals surface area contributed by atoms with Crippen LogP contribution in [0.3, 0.4) is 0 Å². The van der Waals surface area contributed by atoms with Gasteiger partial charge in [0.05, 0.1) is 20.8 Å². The van der Waals surface area contributed by atoms with Crippen molar-refractivity contribution in [2.75, 3.05) is 20.8 Å². The first-order valence-electron chi connectivity index (χ1n) is 7.68. The van der Waals surface area contributed by atoms with Crippen LogP contribution in [0, 0.1) is 11.5 Å². The topological polar surface area (TPSA) is 95.5 Å². The Labute approximate surface area is 150 Å². The van der Waals surface area contributed by atoms with Gasteiger partial charge in [-0.25, -0.2) is 14.6 Å². The van der Waals surface area contributed by atoms with Crippen LogP contribution in [-0.4, -0.2) is 58.4 Å². The van der Waals surface area contributed by atoms with Crippen LogP contribution in [0.25, 0.3) is 0 Å². The van der Waals surface area contributed by atoms with Crippen LogP contribution in [0.2, 0.25) is 19.6 Å². The molecule has 0 aliphatic heterocycles. The van der Waals surface area contributed by atoms with E-state index in [-0.39, 0.29) is 6.54 Å². The maximum Gasteiger partial charge on any atom is 0.407 e. The first-order chi connectivity index (χ1) is 11.4. The van der Waals surface area contributed by atoms with Crippen molar-refractivity contribution in [1.29, 1.82) is 0 Å². The summed E-state index contributed by atoms with van der Waals surface area (Å²) in [6.45, 7) is 11.0. The van der Waals surface area contributed by atoms with E-state index >= 15 is 0 Å². The van der Waals surface area contributed by atoms with Gasteiger partial charge in [-0.15, -0.1) is 5.54 Å². The summed E-state index contributed by atoms with van der Waals surface area (Å²) >= 11 is 0. The molecular formula is C16H28N2O6Si. The highest BCUT2D eigenvalue weighted by atomic mass is 28.3. The van der Waals surface area contributed by atoms with E-state index < -0.39 is 31.3 Å². The molecular weight excluding hydrogens is 344 g/mol. The zero-order chi connectivity index (χ0) is 19.7. The second-order valence-electron chi connectivity index (χ2n) is 7.20. The average Bonchev–Trinajstić information content (AvgIpc) is 2.46. The van der Waals surface area contributed by atoms with Crippen molar-refractivity contribution in [3.05, 3.63) is 0 Å². The summed E-state index contributed by atoms with van der Waals surface area (Å²) in [7, 11) is 0.680. The number of methoxy groups -OCH3 is 1. The smallest absolute Gasteiger partial charge is 0.407 e. The number of nitrogens with one attached hydrogen (secondary N) is 1. The molecule has 1 unspecified atom stereocenters. The summed E-state index contributed by atoms with van der Waals surface area (Å²) in [6.07, 6.45) is 0.241. The zero-order valence-electron chi connectivity index (χ0n) is 16.2. The lowest BCUT2D eigenvalue weighted by atomic mass is 10.0. The molecule has 0 saturated heterocycles. The normalized spacial score (nSPS) is 14.1. The third-order valence-electron chi connectivity index (χ3n) is 2.47. The molecule has 8 nitrogen and oxygen atoms in total. The number of aliphatic imine (C=N–C) groups is 1. The predicted octanol–water partition coefficient (Wildman–Crippen LogP) is 1.91. The molecule has 0 bridgehead atoms. The molecule has 0 rings (SSSR count). The minimum Gasteiger partial charge on any atom is -0.466 e. The first-order valence-corrected chi connectivity index (χ1v) is 11.2. The lowest BCUT2D eigenvalue weighted by Crippen LogP contribution is -2.49. The van der Waals surface area contributed by atoms with Crippen LogP contribution in [0.15, 0.2) is 4.99 Å². The highest BCUT2D eigenvalue weighted by Crippen LogP contribution is 2.14. The molecule has 0 radical (unpaired) electrons. The molecule has 0 fully saturated rings. The van der Waals surface area contributed by atoms with E-state index in [9.17, 15) is 9.59 Å². The van der Waals surface area contributed by atoms with Crippen molar-refractivity contribution >= 4 is 26.5 Å². The summed E-state index contributed by atoms with van der Waals surface area (Å²) in [4.78, 5) is 37.3. The Morgan fingerprint density at radius 3 is 2.24 bits per heavy atom. The number of hydrogen-bond donors (Lipinski definition) is 1. The van der Waals surface area contributed by atoms with Crippen LogP contribution in [-0.2, 0) is 24.0 Å². The Morgan fingerprint density at radius 1 is 1.20 bits per heavy atom. The van der Waals surface area contributed by atoms with Gasteiger partial charge in [-0.2, -0.15) is 4.89 Å². The molecule has 9 heteroatoms.